The molecule has 0 fully saturated rings. The van der Waals surface area contributed by atoms with Crippen molar-refractivity contribution in [1.29, 1.82) is 0 Å². The van der Waals surface area contributed by atoms with Crippen molar-refractivity contribution in [1.82, 2.24) is 9.55 Å². The van der Waals surface area contributed by atoms with Gasteiger partial charge in [0.2, 0.25) is 6.79 Å². The molecule has 1 atom stereocenters. The minimum atomic E-state index is -1.47. The lowest BCUT2D eigenvalue weighted by atomic mass is 9.99. The summed E-state index contributed by atoms with van der Waals surface area (Å²) in [6.45, 7) is 0.398. The zero-order valence-electron chi connectivity index (χ0n) is 14.9. The number of nitrogens with zero attached hydrogens (tertiary/aromatic N) is 2. The van der Waals surface area contributed by atoms with E-state index in [1.165, 1.54) is 0 Å². The van der Waals surface area contributed by atoms with Crippen molar-refractivity contribution in [3.63, 3.8) is 0 Å². The van der Waals surface area contributed by atoms with Gasteiger partial charge in [0.15, 0.2) is 17.6 Å². The first-order chi connectivity index (χ1) is 14.1. The number of hydrogen-bond acceptors (Lipinski definition) is 7. The van der Waals surface area contributed by atoms with Gasteiger partial charge >= 0.3 is 5.97 Å². The third-order valence-electron chi connectivity index (χ3n) is 5.70. The van der Waals surface area contributed by atoms with Gasteiger partial charge in [-0.1, -0.05) is 15.9 Å². The van der Waals surface area contributed by atoms with Crippen molar-refractivity contribution >= 4 is 32.8 Å². The van der Waals surface area contributed by atoms with Gasteiger partial charge in [0.1, 0.15) is 6.61 Å². The molecule has 9 heteroatoms. The van der Waals surface area contributed by atoms with Gasteiger partial charge in [-0.2, -0.15) is 0 Å². The maximum atomic E-state index is 13.1. The molecule has 0 saturated heterocycles. The highest BCUT2D eigenvalue weighted by Gasteiger charge is 2.34. The fourth-order valence-corrected chi connectivity index (χ4v) is 4.89. The molecule has 1 N–H and O–H groups in total. The fraction of sp³-hybridized carbons (Fsp3) is 0.250. The minimum absolute atomic E-state index is 0.136. The lowest BCUT2D eigenvalue weighted by Gasteiger charge is -2.21. The molecule has 5 heterocycles. The van der Waals surface area contributed by atoms with Crippen LogP contribution < -0.4 is 15.0 Å². The lowest BCUT2D eigenvalue weighted by Crippen LogP contribution is -2.32. The number of ether oxygens (including phenoxy) is 3. The summed E-state index contributed by atoms with van der Waals surface area (Å²) in [7, 11) is 0. The molecule has 2 aromatic heterocycles. The van der Waals surface area contributed by atoms with Gasteiger partial charge in [-0.3, -0.25) is 4.79 Å². The van der Waals surface area contributed by atoms with Gasteiger partial charge in [0, 0.05) is 27.9 Å². The van der Waals surface area contributed by atoms with Crippen molar-refractivity contribution in [2.45, 2.75) is 24.6 Å². The Morgan fingerprint density at radius 2 is 1.93 bits per heavy atom. The van der Waals surface area contributed by atoms with E-state index in [4.69, 9.17) is 19.2 Å². The molecule has 0 radical (unpaired) electrons. The summed E-state index contributed by atoms with van der Waals surface area (Å²) in [6.07, 6.45) is -1.47. The van der Waals surface area contributed by atoms with E-state index in [0.29, 0.717) is 45.9 Å². The number of aromatic nitrogens is 2. The van der Waals surface area contributed by atoms with Crippen LogP contribution in [0.1, 0.15) is 28.4 Å². The van der Waals surface area contributed by atoms with Crippen LogP contribution in [0.5, 0.6) is 11.5 Å². The second-order valence-corrected chi connectivity index (χ2v) is 7.70. The summed E-state index contributed by atoms with van der Waals surface area (Å²) in [5, 5.41) is 11.7. The molecule has 29 heavy (non-hydrogen) atoms. The van der Waals surface area contributed by atoms with Crippen LogP contribution in [-0.4, -0.2) is 27.4 Å². The first-order valence-electron chi connectivity index (χ1n) is 8.99. The Kier molecular flexibility index (Phi) is 3.40. The quantitative estimate of drug-likeness (QED) is 0.345. The number of hydrogen-bond donors (Lipinski definition) is 1. The number of rotatable bonds is 1. The Hall–Kier alpha value is -2.91. The Morgan fingerprint density at radius 1 is 1.14 bits per heavy atom. The molecule has 6 rings (SSSR count). The molecule has 0 spiro atoms. The van der Waals surface area contributed by atoms with E-state index in [2.05, 4.69) is 15.9 Å². The Bertz CT molecular complexity index is 1320. The number of alkyl halides is 1. The molecular formula is C20H13BrN2O6. The number of esters is 1. The van der Waals surface area contributed by atoms with Crippen molar-refractivity contribution in [3.05, 3.63) is 50.8 Å². The SMILES string of the molecule is O=C1OCc2c(cc3n(c2=O)Cc2c-3nc3cc4c(cc3c2CBr)OCO4)C1O. The second kappa shape index (κ2) is 5.80. The summed E-state index contributed by atoms with van der Waals surface area (Å²) in [5.41, 5.74) is 4.22. The average molecular weight is 457 g/mol. The third kappa shape index (κ3) is 2.19. The monoisotopic (exact) mass is 456 g/mol. The normalized spacial score (nSPS) is 18.4. The van der Waals surface area contributed by atoms with Gasteiger partial charge in [-0.05, 0) is 17.7 Å². The smallest absolute Gasteiger partial charge is 0.340 e. The van der Waals surface area contributed by atoms with E-state index in [9.17, 15) is 14.7 Å². The maximum absolute atomic E-state index is 13.1. The van der Waals surface area contributed by atoms with Gasteiger partial charge in [-0.25, -0.2) is 9.78 Å². The molecule has 0 saturated carbocycles. The predicted molar refractivity (Wildman–Crippen MR) is 104 cm³/mol. The van der Waals surface area contributed by atoms with E-state index >= 15 is 0 Å². The maximum Gasteiger partial charge on any atom is 0.340 e. The predicted octanol–water partition coefficient (Wildman–Crippen LogP) is 2.14. The number of halogens is 1. The number of fused-ring (bicyclic) bond motifs is 6. The second-order valence-electron chi connectivity index (χ2n) is 7.14. The first-order valence-corrected chi connectivity index (χ1v) is 10.1. The number of aliphatic hydroxyl groups excluding tert-OH is 1. The standard InChI is InChI=1S/C20H13BrN2O6/c21-4-10-8-2-15-16(29-7-28-15)3-13(8)22-17-11(10)5-23-14(17)1-9-12(19(23)25)6-27-20(26)18(9)24/h1-3,18,24H,4-7H2. The highest BCUT2D eigenvalue weighted by Crippen LogP contribution is 2.42. The number of carbonyl (C=O) groups excluding carboxylic acids is 1. The number of benzene rings is 1. The van der Waals surface area contributed by atoms with Gasteiger partial charge in [0.25, 0.3) is 5.56 Å². The molecule has 0 bridgehead atoms. The molecule has 8 nitrogen and oxygen atoms in total. The number of carbonyl (C=O) groups is 1. The minimum Gasteiger partial charge on any atom is -0.458 e. The van der Waals surface area contributed by atoms with Gasteiger partial charge in [0.05, 0.1) is 29.0 Å². The molecule has 146 valence electrons. The first kappa shape index (κ1) is 17.0. The average Bonchev–Trinajstić information content (AvgIpc) is 3.32. The van der Waals surface area contributed by atoms with Crippen molar-refractivity contribution in [2.24, 2.45) is 0 Å². The number of pyridine rings is 2. The Labute approximate surface area is 171 Å². The van der Waals surface area contributed by atoms with Crippen molar-refractivity contribution < 1.29 is 24.1 Å². The Balaban J connectivity index is 1.65. The van der Waals surface area contributed by atoms with E-state index in [1.54, 1.807) is 10.6 Å². The van der Waals surface area contributed by atoms with Crippen molar-refractivity contribution in [2.75, 3.05) is 6.79 Å². The summed E-state index contributed by atoms with van der Waals surface area (Å²) < 4.78 is 17.5. The molecule has 3 aromatic rings. The van der Waals surface area contributed by atoms with Crippen LogP contribution in [0.4, 0.5) is 0 Å². The zero-order chi connectivity index (χ0) is 19.9. The molecule has 1 unspecified atom stereocenters. The fourth-order valence-electron chi connectivity index (χ4n) is 4.25. The van der Waals surface area contributed by atoms with Crippen LogP contribution in [0.2, 0.25) is 0 Å². The van der Waals surface area contributed by atoms with Crippen LogP contribution in [0.25, 0.3) is 22.3 Å². The number of aliphatic hydroxyl groups is 1. The van der Waals surface area contributed by atoms with Crippen LogP contribution in [0, 0.1) is 0 Å². The summed E-state index contributed by atoms with van der Waals surface area (Å²) in [4.78, 5) is 29.6. The third-order valence-corrected chi connectivity index (χ3v) is 6.26. The summed E-state index contributed by atoms with van der Waals surface area (Å²) in [5.74, 6) is 0.549. The molecule has 1 aromatic carbocycles. The van der Waals surface area contributed by atoms with Crippen molar-refractivity contribution in [3.8, 4) is 22.9 Å². The molecule has 0 amide bonds. The topological polar surface area (TPSA) is 99.9 Å². The molecular weight excluding hydrogens is 444 g/mol. The zero-order valence-corrected chi connectivity index (χ0v) is 16.5. The van der Waals surface area contributed by atoms with Crippen LogP contribution in [-0.2, 0) is 28.0 Å². The largest absolute Gasteiger partial charge is 0.458 e. The van der Waals surface area contributed by atoms with Crippen LogP contribution >= 0.6 is 15.9 Å². The Morgan fingerprint density at radius 3 is 2.72 bits per heavy atom. The van der Waals surface area contributed by atoms with Gasteiger partial charge in [-0.15, -0.1) is 0 Å². The van der Waals surface area contributed by atoms with E-state index in [1.807, 2.05) is 12.1 Å². The molecule has 3 aliphatic rings. The molecule has 0 aliphatic carbocycles. The number of cyclic esters (lactones) is 1. The highest BCUT2D eigenvalue weighted by molar-refractivity contribution is 9.08. The summed E-state index contributed by atoms with van der Waals surface area (Å²) in [6, 6.07) is 5.42. The van der Waals surface area contributed by atoms with Crippen LogP contribution in [0.3, 0.4) is 0 Å². The van der Waals surface area contributed by atoms with E-state index in [0.717, 1.165) is 22.0 Å². The highest BCUT2D eigenvalue weighted by atomic mass is 79.9. The van der Waals surface area contributed by atoms with Crippen LogP contribution in [0.15, 0.2) is 23.0 Å². The van der Waals surface area contributed by atoms with E-state index < -0.39 is 12.1 Å². The van der Waals surface area contributed by atoms with E-state index in [-0.39, 0.29) is 19.0 Å². The lowest BCUT2D eigenvalue weighted by molar-refractivity contribution is -0.157. The molecule has 3 aliphatic heterocycles. The van der Waals surface area contributed by atoms with Gasteiger partial charge < -0.3 is 23.9 Å². The summed E-state index contributed by atoms with van der Waals surface area (Å²) >= 11 is 3.57.